The Kier molecular flexibility index (Phi) is 3.42. The van der Waals surface area contributed by atoms with E-state index in [-0.39, 0.29) is 0 Å². The Labute approximate surface area is 104 Å². The highest BCUT2D eigenvalue weighted by Gasteiger charge is 2.10. The topological polar surface area (TPSA) is 20.2 Å². The van der Waals surface area contributed by atoms with Gasteiger partial charge in [0.15, 0.2) is 0 Å². The van der Waals surface area contributed by atoms with Crippen LogP contribution in [0.1, 0.15) is 22.8 Å². The zero-order valence-electron chi connectivity index (χ0n) is 9.02. The van der Waals surface area contributed by atoms with E-state index >= 15 is 0 Å². The largest absolute Gasteiger partial charge is 0.384 e. The fraction of sp³-hybridized carbons (Fsp3) is 0.143. The molecule has 2 rings (SSSR count). The smallest absolute Gasteiger partial charge is 0.104 e. The van der Waals surface area contributed by atoms with E-state index in [1.807, 2.05) is 55.5 Å². The fourth-order valence-corrected chi connectivity index (χ4v) is 2.00. The van der Waals surface area contributed by atoms with E-state index < -0.39 is 6.10 Å². The van der Waals surface area contributed by atoms with Gasteiger partial charge in [0.05, 0.1) is 0 Å². The van der Waals surface area contributed by atoms with Crippen molar-refractivity contribution in [3.63, 3.8) is 0 Å². The molecule has 0 radical (unpaired) electrons. The molecule has 2 heteroatoms. The van der Waals surface area contributed by atoms with Crippen LogP contribution in [0.3, 0.4) is 0 Å². The van der Waals surface area contributed by atoms with Crippen molar-refractivity contribution in [1.29, 1.82) is 0 Å². The van der Waals surface area contributed by atoms with Gasteiger partial charge in [0.1, 0.15) is 6.10 Å². The molecule has 0 aliphatic carbocycles. The van der Waals surface area contributed by atoms with Crippen LogP contribution < -0.4 is 0 Å². The zero-order chi connectivity index (χ0) is 11.5. The van der Waals surface area contributed by atoms with Crippen LogP contribution in [0.5, 0.6) is 0 Å². The number of hydrogen-bond acceptors (Lipinski definition) is 1. The van der Waals surface area contributed by atoms with Gasteiger partial charge in [-0.2, -0.15) is 0 Å². The van der Waals surface area contributed by atoms with Gasteiger partial charge in [0, 0.05) is 4.47 Å². The summed E-state index contributed by atoms with van der Waals surface area (Å²) in [6.45, 7) is 2.03. The van der Waals surface area contributed by atoms with E-state index in [4.69, 9.17) is 0 Å². The molecule has 82 valence electrons. The predicted molar refractivity (Wildman–Crippen MR) is 69.4 cm³/mol. The van der Waals surface area contributed by atoms with Crippen LogP contribution in [-0.2, 0) is 0 Å². The summed E-state index contributed by atoms with van der Waals surface area (Å²) >= 11 is 3.48. The van der Waals surface area contributed by atoms with Crippen LogP contribution in [0.4, 0.5) is 0 Å². The van der Waals surface area contributed by atoms with Gasteiger partial charge >= 0.3 is 0 Å². The van der Waals surface area contributed by atoms with Gasteiger partial charge in [0.25, 0.3) is 0 Å². The van der Waals surface area contributed by atoms with Gasteiger partial charge in [-0.15, -0.1) is 0 Å². The van der Waals surface area contributed by atoms with E-state index in [0.717, 1.165) is 15.6 Å². The SMILES string of the molecule is Cc1ccc(C(O)c2ccccc2)cc1Br. The lowest BCUT2D eigenvalue weighted by Crippen LogP contribution is -1.99. The lowest BCUT2D eigenvalue weighted by Gasteiger charge is -2.12. The van der Waals surface area contributed by atoms with Crippen molar-refractivity contribution in [1.82, 2.24) is 0 Å². The Morgan fingerprint density at radius 3 is 2.31 bits per heavy atom. The number of aryl methyl sites for hydroxylation is 1. The summed E-state index contributed by atoms with van der Waals surface area (Å²) in [5.41, 5.74) is 2.99. The van der Waals surface area contributed by atoms with Gasteiger partial charge in [-0.25, -0.2) is 0 Å². The third-order valence-corrected chi connectivity index (χ3v) is 3.48. The van der Waals surface area contributed by atoms with Crippen LogP contribution in [0.2, 0.25) is 0 Å². The van der Waals surface area contributed by atoms with Crippen LogP contribution in [-0.4, -0.2) is 5.11 Å². The fourth-order valence-electron chi connectivity index (χ4n) is 1.61. The quantitative estimate of drug-likeness (QED) is 0.884. The summed E-state index contributed by atoms with van der Waals surface area (Å²) in [6.07, 6.45) is -0.557. The first-order chi connectivity index (χ1) is 7.68. The third kappa shape index (κ3) is 2.34. The molecule has 0 heterocycles. The van der Waals surface area contributed by atoms with Crippen molar-refractivity contribution in [3.05, 3.63) is 69.7 Å². The first kappa shape index (κ1) is 11.4. The molecule has 0 aliphatic heterocycles. The molecule has 2 aromatic rings. The van der Waals surface area contributed by atoms with Crippen molar-refractivity contribution in [2.45, 2.75) is 13.0 Å². The molecule has 0 saturated heterocycles. The molecule has 0 bridgehead atoms. The molecule has 16 heavy (non-hydrogen) atoms. The molecule has 0 saturated carbocycles. The molecule has 0 amide bonds. The second kappa shape index (κ2) is 4.81. The first-order valence-electron chi connectivity index (χ1n) is 5.17. The summed E-state index contributed by atoms with van der Waals surface area (Å²) in [6, 6.07) is 15.6. The van der Waals surface area contributed by atoms with Gasteiger partial charge in [0.2, 0.25) is 0 Å². The van der Waals surface area contributed by atoms with E-state index in [2.05, 4.69) is 15.9 Å². The van der Waals surface area contributed by atoms with E-state index in [1.165, 1.54) is 5.56 Å². The molecule has 1 N–H and O–H groups in total. The minimum absolute atomic E-state index is 0.557. The van der Waals surface area contributed by atoms with Crippen LogP contribution in [0.25, 0.3) is 0 Å². The van der Waals surface area contributed by atoms with E-state index in [0.29, 0.717) is 0 Å². The summed E-state index contributed by atoms with van der Waals surface area (Å²) in [5, 5.41) is 10.2. The van der Waals surface area contributed by atoms with Crippen molar-refractivity contribution < 1.29 is 5.11 Å². The maximum atomic E-state index is 10.2. The van der Waals surface area contributed by atoms with Gasteiger partial charge in [-0.3, -0.25) is 0 Å². The summed E-state index contributed by atoms with van der Waals surface area (Å²) < 4.78 is 1.03. The Bertz CT molecular complexity index is 479. The van der Waals surface area contributed by atoms with Crippen molar-refractivity contribution in [2.24, 2.45) is 0 Å². The maximum absolute atomic E-state index is 10.2. The highest BCUT2D eigenvalue weighted by Crippen LogP contribution is 2.26. The Hall–Kier alpha value is -1.12. The highest BCUT2D eigenvalue weighted by molar-refractivity contribution is 9.10. The standard InChI is InChI=1S/C14H13BrO/c1-10-7-8-12(9-13(10)15)14(16)11-5-3-2-4-6-11/h2-9,14,16H,1H3. The number of aliphatic hydroxyl groups excluding tert-OH is 1. The maximum Gasteiger partial charge on any atom is 0.104 e. The monoisotopic (exact) mass is 276 g/mol. The minimum Gasteiger partial charge on any atom is -0.384 e. The molecule has 0 fully saturated rings. The molecule has 2 aromatic carbocycles. The molecule has 0 spiro atoms. The van der Waals surface area contributed by atoms with Crippen molar-refractivity contribution >= 4 is 15.9 Å². The Balaban J connectivity index is 2.34. The number of benzene rings is 2. The van der Waals surface area contributed by atoms with E-state index in [1.54, 1.807) is 0 Å². The van der Waals surface area contributed by atoms with Crippen LogP contribution >= 0.6 is 15.9 Å². The molecule has 1 unspecified atom stereocenters. The molecule has 0 aromatic heterocycles. The highest BCUT2D eigenvalue weighted by atomic mass is 79.9. The summed E-state index contributed by atoms with van der Waals surface area (Å²) in [7, 11) is 0. The Morgan fingerprint density at radius 2 is 1.69 bits per heavy atom. The normalized spacial score (nSPS) is 12.4. The minimum atomic E-state index is -0.557. The summed E-state index contributed by atoms with van der Waals surface area (Å²) in [4.78, 5) is 0. The average molecular weight is 277 g/mol. The third-order valence-electron chi connectivity index (χ3n) is 2.63. The Morgan fingerprint density at radius 1 is 1.00 bits per heavy atom. The number of rotatable bonds is 2. The van der Waals surface area contributed by atoms with Crippen molar-refractivity contribution in [2.75, 3.05) is 0 Å². The number of halogens is 1. The second-order valence-electron chi connectivity index (χ2n) is 3.82. The van der Waals surface area contributed by atoms with Gasteiger partial charge in [-0.05, 0) is 29.7 Å². The van der Waals surface area contributed by atoms with Gasteiger partial charge < -0.3 is 5.11 Å². The van der Waals surface area contributed by atoms with Crippen molar-refractivity contribution in [3.8, 4) is 0 Å². The van der Waals surface area contributed by atoms with Crippen LogP contribution in [0.15, 0.2) is 53.0 Å². The van der Waals surface area contributed by atoms with Gasteiger partial charge in [-0.1, -0.05) is 58.4 Å². The van der Waals surface area contributed by atoms with Crippen LogP contribution in [0, 0.1) is 6.92 Å². The molecule has 0 aliphatic rings. The summed E-state index contributed by atoms with van der Waals surface area (Å²) in [5.74, 6) is 0. The van der Waals surface area contributed by atoms with E-state index in [9.17, 15) is 5.11 Å². The number of hydrogen-bond donors (Lipinski definition) is 1. The molecule has 1 nitrogen and oxygen atoms in total. The lowest BCUT2D eigenvalue weighted by atomic mass is 10.0. The molecular weight excluding hydrogens is 264 g/mol. The first-order valence-corrected chi connectivity index (χ1v) is 5.97. The lowest BCUT2D eigenvalue weighted by molar-refractivity contribution is 0.220. The predicted octanol–water partition coefficient (Wildman–Crippen LogP) is 3.84. The molecule has 1 atom stereocenters. The zero-order valence-corrected chi connectivity index (χ0v) is 10.6. The molecular formula is C14H13BrO. The number of aliphatic hydroxyl groups is 1. The average Bonchev–Trinajstić information content (AvgIpc) is 2.33. The second-order valence-corrected chi connectivity index (χ2v) is 4.68.